The molecule has 0 bridgehead atoms. The standard InChI is InChI=1S/C14H23N5S/c1-2-3-11-10-12(11)17-13(15)18-5-7-19(8-6-18)14-16-4-9-20-14/h4,9,11-12H,2-3,5-8,10H2,1H3,(H2,15,17). The second-order valence-electron chi connectivity index (χ2n) is 5.63. The van der Waals surface area contributed by atoms with Crippen LogP contribution in [0, 0.1) is 5.92 Å². The van der Waals surface area contributed by atoms with Crippen molar-refractivity contribution in [3.8, 4) is 0 Å². The van der Waals surface area contributed by atoms with E-state index in [9.17, 15) is 0 Å². The molecule has 6 heteroatoms. The molecule has 0 spiro atoms. The Morgan fingerprint density at radius 2 is 2.25 bits per heavy atom. The summed E-state index contributed by atoms with van der Waals surface area (Å²) in [6.07, 6.45) is 5.64. The highest BCUT2D eigenvalue weighted by Crippen LogP contribution is 2.37. The molecule has 2 unspecified atom stereocenters. The Morgan fingerprint density at radius 3 is 2.90 bits per heavy atom. The van der Waals surface area contributed by atoms with E-state index in [2.05, 4.69) is 26.7 Å². The maximum atomic E-state index is 6.16. The molecule has 1 aliphatic heterocycles. The summed E-state index contributed by atoms with van der Waals surface area (Å²) in [5, 5.41) is 3.14. The Kier molecular flexibility index (Phi) is 4.10. The van der Waals surface area contributed by atoms with Crippen LogP contribution in [0.15, 0.2) is 16.6 Å². The lowest BCUT2D eigenvalue weighted by molar-refractivity contribution is 0.380. The van der Waals surface area contributed by atoms with Crippen molar-refractivity contribution in [2.75, 3.05) is 31.1 Å². The van der Waals surface area contributed by atoms with Crippen LogP contribution >= 0.6 is 11.3 Å². The topological polar surface area (TPSA) is 57.8 Å². The average molecular weight is 293 g/mol. The fourth-order valence-corrected chi connectivity index (χ4v) is 3.52. The predicted octanol–water partition coefficient (Wildman–Crippen LogP) is 1.77. The van der Waals surface area contributed by atoms with Gasteiger partial charge in [-0.25, -0.2) is 9.98 Å². The lowest BCUT2D eigenvalue weighted by Crippen LogP contribution is -2.51. The van der Waals surface area contributed by atoms with Crippen LogP contribution in [-0.2, 0) is 0 Å². The van der Waals surface area contributed by atoms with E-state index in [4.69, 9.17) is 5.73 Å². The van der Waals surface area contributed by atoms with E-state index in [1.54, 1.807) is 11.3 Å². The van der Waals surface area contributed by atoms with Crippen molar-refractivity contribution in [2.45, 2.75) is 32.2 Å². The molecule has 20 heavy (non-hydrogen) atoms. The Bertz CT molecular complexity index is 450. The highest BCUT2D eigenvalue weighted by Gasteiger charge is 2.36. The maximum Gasteiger partial charge on any atom is 0.191 e. The van der Waals surface area contributed by atoms with E-state index in [1.807, 2.05) is 11.6 Å². The highest BCUT2D eigenvalue weighted by atomic mass is 32.1. The predicted molar refractivity (Wildman–Crippen MR) is 84.3 cm³/mol. The van der Waals surface area contributed by atoms with E-state index >= 15 is 0 Å². The van der Waals surface area contributed by atoms with E-state index < -0.39 is 0 Å². The van der Waals surface area contributed by atoms with Crippen LogP contribution in [0.2, 0.25) is 0 Å². The van der Waals surface area contributed by atoms with Crippen LogP contribution in [-0.4, -0.2) is 48.1 Å². The molecule has 0 radical (unpaired) electrons. The Morgan fingerprint density at radius 1 is 1.45 bits per heavy atom. The summed E-state index contributed by atoms with van der Waals surface area (Å²) >= 11 is 1.70. The highest BCUT2D eigenvalue weighted by molar-refractivity contribution is 7.13. The van der Waals surface area contributed by atoms with Crippen LogP contribution in [0.4, 0.5) is 5.13 Å². The third-order valence-corrected chi connectivity index (χ3v) is 4.97. The van der Waals surface area contributed by atoms with Gasteiger partial charge in [-0.3, -0.25) is 0 Å². The summed E-state index contributed by atoms with van der Waals surface area (Å²) in [6, 6.07) is 0.493. The number of aliphatic imine (C=N–C) groups is 1. The summed E-state index contributed by atoms with van der Waals surface area (Å²) < 4.78 is 0. The lowest BCUT2D eigenvalue weighted by Gasteiger charge is -2.35. The Balaban J connectivity index is 1.49. The van der Waals surface area contributed by atoms with E-state index in [1.165, 1.54) is 19.3 Å². The molecule has 2 fully saturated rings. The minimum absolute atomic E-state index is 0.493. The van der Waals surface area contributed by atoms with Gasteiger partial charge in [0.15, 0.2) is 11.1 Å². The van der Waals surface area contributed by atoms with E-state index in [0.717, 1.165) is 43.2 Å². The number of aromatic nitrogens is 1. The fourth-order valence-electron chi connectivity index (χ4n) is 2.82. The van der Waals surface area contributed by atoms with Gasteiger partial charge in [0.25, 0.3) is 0 Å². The Labute approximate surface area is 124 Å². The number of rotatable bonds is 4. The molecule has 2 N–H and O–H groups in total. The SMILES string of the molecule is CCCC1CC1N=C(N)N1CCN(c2nccs2)CC1. The summed E-state index contributed by atoms with van der Waals surface area (Å²) in [6.45, 7) is 6.08. The van der Waals surface area contributed by atoms with Crippen molar-refractivity contribution in [3.63, 3.8) is 0 Å². The van der Waals surface area contributed by atoms with Gasteiger partial charge in [-0.2, -0.15) is 0 Å². The molecule has 3 rings (SSSR count). The molecule has 0 aromatic carbocycles. The fraction of sp³-hybridized carbons (Fsp3) is 0.714. The molecule has 2 aliphatic rings. The first kappa shape index (κ1) is 13.7. The average Bonchev–Trinajstić information content (AvgIpc) is 2.98. The minimum Gasteiger partial charge on any atom is -0.370 e. The summed E-state index contributed by atoms with van der Waals surface area (Å²) in [7, 11) is 0. The summed E-state index contributed by atoms with van der Waals surface area (Å²) in [4.78, 5) is 13.6. The molecule has 1 aromatic rings. The molecular weight excluding hydrogens is 270 g/mol. The number of hydrogen-bond donors (Lipinski definition) is 1. The summed E-state index contributed by atoms with van der Waals surface area (Å²) in [5.41, 5.74) is 6.16. The Hall–Kier alpha value is -1.30. The number of thiazole rings is 1. The number of guanidine groups is 1. The first-order valence-electron chi connectivity index (χ1n) is 7.50. The monoisotopic (exact) mass is 293 g/mol. The van der Waals surface area contributed by atoms with Crippen LogP contribution in [0.5, 0.6) is 0 Å². The van der Waals surface area contributed by atoms with Crippen LogP contribution in [0.25, 0.3) is 0 Å². The molecule has 1 saturated heterocycles. The number of nitrogens with zero attached hydrogens (tertiary/aromatic N) is 4. The number of nitrogens with two attached hydrogens (primary N) is 1. The van der Waals surface area contributed by atoms with Crippen LogP contribution in [0.1, 0.15) is 26.2 Å². The minimum atomic E-state index is 0.493. The zero-order valence-electron chi connectivity index (χ0n) is 12.0. The van der Waals surface area contributed by atoms with Gasteiger partial charge in [0.2, 0.25) is 0 Å². The molecule has 1 aliphatic carbocycles. The molecule has 110 valence electrons. The number of piperazine rings is 1. The number of anilines is 1. The van der Waals surface area contributed by atoms with E-state index in [0.29, 0.717) is 6.04 Å². The van der Waals surface area contributed by atoms with Gasteiger partial charge >= 0.3 is 0 Å². The molecule has 2 heterocycles. The second kappa shape index (κ2) is 5.99. The quantitative estimate of drug-likeness (QED) is 0.679. The molecule has 0 amide bonds. The van der Waals surface area contributed by atoms with Gasteiger partial charge in [0.1, 0.15) is 0 Å². The van der Waals surface area contributed by atoms with Crippen molar-refractivity contribution in [3.05, 3.63) is 11.6 Å². The van der Waals surface area contributed by atoms with Crippen LogP contribution < -0.4 is 10.6 Å². The van der Waals surface area contributed by atoms with Crippen molar-refractivity contribution in [2.24, 2.45) is 16.6 Å². The van der Waals surface area contributed by atoms with Gasteiger partial charge < -0.3 is 15.5 Å². The first-order chi connectivity index (χ1) is 9.78. The normalized spacial score (nSPS) is 26.9. The van der Waals surface area contributed by atoms with Gasteiger partial charge in [0.05, 0.1) is 6.04 Å². The molecule has 2 atom stereocenters. The summed E-state index contributed by atoms with van der Waals surface area (Å²) in [5.74, 6) is 1.53. The first-order valence-corrected chi connectivity index (χ1v) is 8.38. The molecular formula is C14H23N5S. The smallest absolute Gasteiger partial charge is 0.191 e. The van der Waals surface area contributed by atoms with Crippen molar-refractivity contribution < 1.29 is 0 Å². The van der Waals surface area contributed by atoms with E-state index in [-0.39, 0.29) is 0 Å². The number of hydrogen-bond acceptors (Lipinski definition) is 4. The zero-order chi connectivity index (χ0) is 13.9. The maximum absolute atomic E-state index is 6.16. The zero-order valence-corrected chi connectivity index (χ0v) is 12.9. The van der Waals surface area contributed by atoms with Crippen molar-refractivity contribution in [1.82, 2.24) is 9.88 Å². The third kappa shape index (κ3) is 3.06. The second-order valence-corrected chi connectivity index (χ2v) is 6.50. The molecule has 1 saturated carbocycles. The van der Waals surface area contributed by atoms with Gasteiger partial charge in [-0.05, 0) is 18.8 Å². The largest absolute Gasteiger partial charge is 0.370 e. The van der Waals surface area contributed by atoms with Gasteiger partial charge in [-0.1, -0.05) is 13.3 Å². The van der Waals surface area contributed by atoms with Crippen LogP contribution in [0.3, 0.4) is 0 Å². The van der Waals surface area contributed by atoms with Crippen molar-refractivity contribution in [1.29, 1.82) is 0 Å². The third-order valence-electron chi connectivity index (χ3n) is 4.14. The lowest BCUT2D eigenvalue weighted by atomic mass is 10.2. The van der Waals surface area contributed by atoms with Gasteiger partial charge in [0, 0.05) is 37.8 Å². The molecule has 5 nitrogen and oxygen atoms in total. The van der Waals surface area contributed by atoms with Crippen molar-refractivity contribution >= 4 is 22.4 Å². The van der Waals surface area contributed by atoms with Gasteiger partial charge in [-0.15, -0.1) is 11.3 Å². The molecule has 1 aromatic heterocycles.